The van der Waals surface area contributed by atoms with Gasteiger partial charge in [-0.2, -0.15) is 26.3 Å². The molecule has 0 unspecified atom stereocenters. The van der Waals surface area contributed by atoms with Crippen LogP contribution in [0.15, 0.2) is 60.8 Å². The van der Waals surface area contributed by atoms with Crippen LogP contribution >= 0.6 is 0 Å². The first-order chi connectivity index (χ1) is 24.5. The van der Waals surface area contributed by atoms with Gasteiger partial charge in [-0.25, -0.2) is 19.6 Å². The first-order valence-corrected chi connectivity index (χ1v) is 15.9. The fourth-order valence-electron chi connectivity index (χ4n) is 6.33. The summed E-state index contributed by atoms with van der Waals surface area (Å²) in [5.74, 6) is -0.355. The summed E-state index contributed by atoms with van der Waals surface area (Å²) in [5, 5.41) is 9.43. The van der Waals surface area contributed by atoms with Crippen molar-refractivity contribution in [3.63, 3.8) is 0 Å². The molecule has 0 saturated carbocycles. The van der Waals surface area contributed by atoms with E-state index in [1.54, 1.807) is 50.6 Å². The lowest BCUT2D eigenvalue weighted by atomic mass is 9.94. The van der Waals surface area contributed by atoms with Gasteiger partial charge in [-0.1, -0.05) is 12.1 Å². The minimum atomic E-state index is -5.09. The summed E-state index contributed by atoms with van der Waals surface area (Å²) in [5.41, 5.74) is -0.0373. The molecule has 0 bridgehead atoms. The van der Waals surface area contributed by atoms with Gasteiger partial charge >= 0.3 is 24.4 Å². The normalized spacial score (nSPS) is 18.0. The van der Waals surface area contributed by atoms with Crippen LogP contribution in [0.25, 0.3) is 22.3 Å². The fourth-order valence-corrected chi connectivity index (χ4v) is 6.33. The second-order valence-corrected chi connectivity index (χ2v) is 12.6. The predicted octanol–water partition coefficient (Wildman–Crippen LogP) is 7.78. The van der Waals surface area contributed by atoms with Gasteiger partial charge in [0, 0.05) is 37.5 Å². The number of anilines is 1. The fraction of sp³-hybridized carbons (Fsp3) is 0.333. The van der Waals surface area contributed by atoms with E-state index in [9.17, 15) is 41.0 Å². The molecule has 2 fully saturated rings. The first-order valence-electron chi connectivity index (χ1n) is 15.9. The zero-order chi connectivity index (χ0) is 37.7. The Morgan fingerprint density at radius 1 is 0.942 bits per heavy atom. The Bertz CT molecular complexity index is 2000. The van der Waals surface area contributed by atoms with Crippen molar-refractivity contribution in [2.75, 3.05) is 32.2 Å². The van der Waals surface area contributed by atoms with Gasteiger partial charge in [-0.15, -0.1) is 0 Å². The number of rotatable bonds is 9. The van der Waals surface area contributed by atoms with Gasteiger partial charge in [0.15, 0.2) is 0 Å². The van der Waals surface area contributed by atoms with E-state index < -0.39 is 53.3 Å². The number of ether oxygens (including phenoxy) is 3. The number of carboxylic acids is 1. The number of carboxylic acid groups (broad SMARTS) is 1. The maximum Gasteiger partial charge on any atom is 0.416 e. The van der Waals surface area contributed by atoms with E-state index in [1.807, 2.05) is 4.90 Å². The van der Waals surface area contributed by atoms with E-state index >= 15 is 0 Å². The zero-order valence-corrected chi connectivity index (χ0v) is 28.2. The molecule has 0 radical (unpaired) electrons. The standard InChI is InChI=1S/C36H32F6N4O6/c1-18-9-21(32(47)48)5-7-26(18)20-6-8-30(51-4)27(12-20)28-14-43-33(45-15-25(16-45)50-3)44-29(28)17-46-19(2)31(52-34(46)49)22-10-23(35(37,38)39)13-24(11-22)36(40,41)42/h5-14,19,25,31H,15-17H2,1-4H3,(H,47,48)/t19-,31-/m0/s1. The van der Waals surface area contributed by atoms with Gasteiger partial charge in [0.2, 0.25) is 5.95 Å². The van der Waals surface area contributed by atoms with Crippen molar-refractivity contribution in [2.24, 2.45) is 0 Å². The number of amides is 1. The molecule has 1 N–H and O–H groups in total. The molecular formula is C36H32F6N4O6. The quantitative estimate of drug-likeness (QED) is 0.173. The topological polar surface area (TPSA) is 114 Å². The second-order valence-electron chi connectivity index (χ2n) is 12.6. The molecule has 2 saturated heterocycles. The van der Waals surface area contributed by atoms with Gasteiger partial charge in [-0.3, -0.25) is 4.90 Å². The smallest absolute Gasteiger partial charge is 0.416 e. The monoisotopic (exact) mass is 730 g/mol. The van der Waals surface area contributed by atoms with Crippen LogP contribution < -0.4 is 9.64 Å². The molecule has 3 aromatic carbocycles. The molecule has 52 heavy (non-hydrogen) atoms. The van der Waals surface area contributed by atoms with E-state index in [0.29, 0.717) is 64.9 Å². The summed E-state index contributed by atoms with van der Waals surface area (Å²) in [6.45, 7) is 3.96. The van der Waals surface area contributed by atoms with Gasteiger partial charge in [0.1, 0.15) is 11.9 Å². The number of benzene rings is 3. The molecule has 6 rings (SSSR count). The lowest BCUT2D eigenvalue weighted by Gasteiger charge is -2.38. The van der Waals surface area contributed by atoms with Gasteiger partial charge in [0.05, 0.1) is 48.2 Å². The predicted molar refractivity (Wildman–Crippen MR) is 175 cm³/mol. The molecule has 0 spiro atoms. The zero-order valence-electron chi connectivity index (χ0n) is 28.2. The molecular weight excluding hydrogens is 698 g/mol. The van der Waals surface area contributed by atoms with E-state index in [4.69, 9.17) is 19.2 Å². The Morgan fingerprint density at radius 3 is 2.19 bits per heavy atom. The summed E-state index contributed by atoms with van der Waals surface area (Å²) in [4.78, 5) is 37.3. The van der Waals surface area contributed by atoms with E-state index in [0.717, 1.165) is 5.56 Å². The summed E-state index contributed by atoms with van der Waals surface area (Å²) in [7, 11) is 3.03. The molecule has 2 atom stereocenters. The van der Waals surface area contributed by atoms with Crippen LogP contribution in [0.3, 0.4) is 0 Å². The number of methoxy groups -OCH3 is 2. The second kappa shape index (κ2) is 13.6. The van der Waals surface area contributed by atoms with Gasteiger partial charge in [0.25, 0.3) is 0 Å². The maximum atomic E-state index is 13.7. The van der Waals surface area contributed by atoms with E-state index in [1.165, 1.54) is 25.0 Å². The van der Waals surface area contributed by atoms with E-state index in [2.05, 4.69) is 4.98 Å². The molecule has 274 valence electrons. The number of aromatic carboxylic acids is 1. The Morgan fingerprint density at radius 2 is 1.62 bits per heavy atom. The molecule has 1 aromatic heterocycles. The third-order valence-electron chi connectivity index (χ3n) is 9.24. The number of halogens is 6. The number of carbonyl (C=O) groups excluding carboxylic acids is 1. The highest BCUT2D eigenvalue weighted by Gasteiger charge is 2.44. The van der Waals surface area contributed by atoms with Crippen molar-refractivity contribution in [1.29, 1.82) is 0 Å². The van der Waals surface area contributed by atoms with Crippen LogP contribution in [0.4, 0.5) is 37.1 Å². The highest BCUT2D eigenvalue weighted by Crippen LogP contribution is 2.42. The lowest BCUT2D eigenvalue weighted by Crippen LogP contribution is -2.52. The Hall–Kier alpha value is -5.38. The lowest BCUT2D eigenvalue weighted by molar-refractivity contribution is -0.143. The molecule has 2 aliphatic heterocycles. The summed E-state index contributed by atoms with van der Waals surface area (Å²) in [6.07, 6.45) is -11.1. The van der Waals surface area contributed by atoms with Crippen molar-refractivity contribution < 1.29 is 55.2 Å². The molecule has 3 heterocycles. The average Bonchev–Trinajstić information content (AvgIpc) is 3.35. The molecule has 2 aliphatic rings. The Kier molecular flexibility index (Phi) is 9.55. The highest BCUT2D eigenvalue weighted by atomic mass is 19.4. The van der Waals surface area contributed by atoms with Crippen LogP contribution in [-0.4, -0.2) is 71.5 Å². The largest absolute Gasteiger partial charge is 0.496 e. The average molecular weight is 731 g/mol. The summed E-state index contributed by atoms with van der Waals surface area (Å²) in [6, 6.07) is 10.1. The number of aromatic nitrogens is 2. The van der Waals surface area contributed by atoms with Crippen molar-refractivity contribution in [1.82, 2.24) is 14.9 Å². The van der Waals surface area contributed by atoms with Crippen LogP contribution in [0.5, 0.6) is 5.75 Å². The van der Waals surface area contributed by atoms with Crippen LogP contribution in [-0.2, 0) is 28.4 Å². The number of alkyl halides is 6. The number of cyclic esters (lactones) is 1. The van der Waals surface area contributed by atoms with Crippen molar-refractivity contribution >= 4 is 18.0 Å². The summed E-state index contributed by atoms with van der Waals surface area (Å²) >= 11 is 0. The van der Waals surface area contributed by atoms with Crippen LogP contribution in [0, 0.1) is 6.92 Å². The number of nitrogens with zero attached hydrogens (tertiary/aromatic N) is 4. The molecule has 16 heteroatoms. The third kappa shape index (κ3) is 7.07. The van der Waals surface area contributed by atoms with Gasteiger partial charge in [-0.05, 0) is 78.6 Å². The minimum absolute atomic E-state index is 0.0187. The summed E-state index contributed by atoms with van der Waals surface area (Å²) < 4.78 is 98.5. The van der Waals surface area contributed by atoms with Crippen molar-refractivity contribution in [2.45, 2.75) is 51.0 Å². The number of aryl methyl sites for hydroxylation is 1. The Labute approximate surface area is 293 Å². The SMILES string of the molecule is COc1ccc(-c2ccc(C(=O)O)cc2C)cc1-c1cnc(N2CC(OC)C2)nc1CN1C(=O)O[C@H](c2cc(C(F)(F)F)cc(C(F)(F)F)c2)[C@@H]1C. The molecule has 1 amide bonds. The van der Waals surface area contributed by atoms with Gasteiger partial charge < -0.3 is 24.2 Å². The molecule has 10 nitrogen and oxygen atoms in total. The maximum absolute atomic E-state index is 13.7. The third-order valence-corrected chi connectivity index (χ3v) is 9.24. The minimum Gasteiger partial charge on any atom is -0.496 e. The number of hydrogen-bond donors (Lipinski definition) is 1. The highest BCUT2D eigenvalue weighted by molar-refractivity contribution is 5.89. The Balaban J connectivity index is 1.41. The van der Waals surface area contributed by atoms with Crippen LogP contribution in [0.1, 0.15) is 51.3 Å². The molecule has 4 aromatic rings. The molecule has 0 aliphatic carbocycles. The van der Waals surface area contributed by atoms with E-state index in [-0.39, 0.29) is 24.3 Å². The van der Waals surface area contributed by atoms with Crippen molar-refractivity contribution in [3.05, 3.63) is 94.3 Å². The number of hydrogen-bond acceptors (Lipinski definition) is 8. The number of carbonyl (C=O) groups is 2. The van der Waals surface area contributed by atoms with Crippen LogP contribution in [0.2, 0.25) is 0 Å². The van der Waals surface area contributed by atoms with Crippen molar-refractivity contribution in [3.8, 4) is 28.0 Å². The first kappa shape index (κ1) is 36.4.